The maximum atomic E-state index is 10.9. The van der Waals surface area contributed by atoms with E-state index in [-0.39, 0.29) is 23.9 Å². The highest BCUT2D eigenvalue weighted by atomic mass is 35.5. The number of hydrogen-bond donors (Lipinski definition) is 1. The van der Waals surface area contributed by atoms with E-state index >= 15 is 0 Å². The molecule has 6 nitrogen and oxygen atoms in total. The lowest BCUT2D eigenvalue weighted by Gasteiger charge is -2.08. The molecular formula is C13H11ClN2O4. The largest absolute Gasteiger partial charge is 0.487 e. The van der Waals surface area contributed by atoms with Crippen LogP contribution < -0.4 is 4.74 Å². The monoisotopic (exact) mass is 294 g/mol. The smallest absolute Gasteiger partial charge is 0.277 e. The average Bonchev–Trinajstić information content (AvgIpc) is 2.46. The van der Waals surface area contributed by atoms with Gasteiger partial charge in [0.25, 0.3) is 5.69 Å². The van der Waals surface area contributed by atoms with Crippen LogP contribution in [0.15, 0.2) is 36.5 Å². The minimum absolute atomic E-state index is 0.0316. The minimum Gasteiger partial charge on any atom is -0.487 e. The number of aliphatic hydroxyl groups is 1. The SMILES string of the molecule is O=[N+]([O-])c1cccc(Cl)c1COc1ccc(CO)nc1. The number of nitrogens with zero attached hydrogens (tertiary/aromatic N) is 2. The van der Waals surface area contributed by atoms with Gasteiger partial charge >= 0.3 is 0 Å². The summed E-state index contributed by atoms with van der Waals surface area (Å²) in [5.74, 6) is 0.441. The molecule has 1 N–H and O–H groups in total. The van der Waals surface area contributed by atoms with Gasteiger partial charge < -0.3 is 9.84 Å². The molecule has 0 aliphatic rings. The van der Waals surface area contributed by atoms with Crippen LogP contribution in [0.2, 0.25) is 5.02 Å². The van der Waals surface area contributed by atoms with Crippen molar-refractivity contribution in [2.45, 2.75) is 13.2 Å². The van der Waals surface area contributed by atoms with Crippen molar-refractivity contribution < 1.29 is 14.8 Å². The van der Waals surface area contributed by atoms with E-state index in [1.807, 2.05) is 0 Å². The van der Waals surface area contributed by atoms with Crippen LogP contribution in [0, 0.1) is 10.1 Å². The Morgan fingerprint density at radius 3 is 2.75 bits per heavy atom. The molecule has 1 heterocycles. The Morgan fingerprint density at radius 1 is 1.35 bits per heavy atom. The van der Waals surface area contributed by atoms with E-state index in [1.165, 1.54) is 18.3 Å². The first-order valence-corrected chi connectivity index (χ1v) is 6.10. The molecule has 104 valence electrons. The number of aliphatic hydroxyl groups excluding tert-OH is 1. The van der Waals surface area contributed by atoms with Crippen LogP contribution in [0.25, 0.3) is 0 Å². The topological polar surface area (TPSA) is 85.5 Å². The molecule has 0 unspecified atom stereocenters. The van der Waals surface area contributed by atoms with Crippen LogP contribution in [0.3, 0.4) is 0 Å². The highest BCUT2D eigenvalue weighted by molar-refractivity contribution is 6.31. The Kier molecular flexibility index (Phi) is 4.49. The molecule has 1 aromatic heterocycles. The van der Waals surface area contributed by atoms with Gasteiger partial charge in [0.1, 0.15) is 12.4 Å². The van der Waals surface area contributed by atoms with Crippen LogP contribution in [-0.2, 0) is 13.2 Å². The molecule has 0 saturated heterocycles. The second kappa shape index (κ2) is 6.31. The fourth-order valence-electron chi connectivity index (χ4n) is 1.61. The van der Waals surface area contributed by atoms with E-state index in [9.17, 15) is 10.1 Å². The normalized spacial score (nSPS) is 10.3. The van der Waals surface area contributed by atoms with Gasteiger partial charge in [-0.3, -0.25) is 15.1 Å². The zero-order valence-corrected chi connectivity index (χ0v) is 11.1. The Labute approximate surface area is 119 Å². The second-order valence-electron chi connectivity index (χ2n) is 3.93. The molecule has 2 aromatic rings. The maximum absolute atomic E-state index is 10.9. The average molecular weight is 295 g/mol. The van der Waals surface area contributed by atoms with E-state index in [2.05, 4.69) is 4.98 Å². The Hall–Kier alpha value is -2.18. The third kappa shape index (κ3) is 3.23. The van der Waals surface area contributed by atoms with Gasteiger partial charge in [0.15, 0.2) is 0 Å². The molecule has 0 amide bonds. The lowest BCUT2D eigenvalue weighted by Crippen LogP contribution is -2.02. The predicted molar refractivity (Wildman–Crippen MR) is 72.6 cm³/mol. The van der Waals surface area contributed by atoms with Crippen molar-refractivity contribution in [1.82, 2.24) is 4.98 Å². The first kappa shape index (κ1) is 14.2. The van der Waals surface area contributed by atoms with Gasteiger partial charge in [-0.25, -0.2) is 0 Å². The summed E-state index contributed by atoms with van der Waals surface area (Å²) in [6, 6.07) is 7.69. The van der Waals surface area contributed by atoms with Crippen LogP contribution in [-0.4, -0.2) is 15.0 Å². The van der Waals surface area contributed by atoms with Crippen molar-refractivity contribution in [2.75, 3.05) is 0 Å². The zero-order valence-electron chi connectivity index (χ0n) is 10.3. The molecule has 0 atom stereocenters. The lowest BCUT2D eigenvalue weighted by atomic mass is 10.2. The van der Waals surface area contributed by atoms with Crippen molar-refractivity contribution in [3.63, 3.8) is 0 Å². The molecule has 0 aliphatic heterocycles. The van der Waals surface area contributed by atoms with Crippen molar-refractivity contribution in [3.05, 3.63) is 62.9 Å². The molecule has 20 heavy (non-hydrogen) atoms. The zero-order chi connectivity index (χ0) is 14.5. The van der Waals surface area contributed by atoms with Crippen LogP contribution >= 0.6 is 11.6 Å². The molecular weight excluding hydrogens is 284 g/mol. The number of benzene rings is 1. The van der Waals surface area contributed by atoms with Gasteiger partial charge in [0.05, 0.1) is 34.0 Å². The summed E-state index contributed by atoms with van der Waals surface area (Å²) in [4.78, 5) is 14.4. The van der Waals surface area contributed by atoms with E-state index in [4.69, 9.17) is 21.4 Å². The number of aromatic nitrogens is 1. The molecule has 0 fully saturated rings. The number of hydrogen-bond acceptors (Lipinski definition) is 5. The number of pyridine rings is 1. The van der Waals surface area contributed by atoms with Crippen molar-refractivity contribution in [2.24, 2.45) is 0 Å². The first-order chi connectivity index (χ1) is 9.61. The summed E-state index contributed by atoms with van der Waals surface area (Å²) in [6.07, 6.45) is 1.44. The fraction of sp³-hybridized carbons (Fsp3) is 0.154. The predicted octanol–water partition coefficient (Wildman–Crippen LogP) is 2.71. The standard InChI is InChI=1S/C13H11ClN2O4/c14-12-2-1-3-13(16(18)19)11(12)8-20-10-5-4-9(7-17)15-6-10/h1-6,17H,7-8H2. The molecule has 7 heteroatoms. The highest BCUT2D eigenvalue weighted by Crippen LogP contribution is 2.27. The van der Waals surface area contributed by atoms with Crippen LogP contribution in [0.5, 0.6) is 5.75 Å². The number of nitro groups is 1. The van der Waals surface area contributed by atoms with Crippen molar-refractivity contribution >= 4 is 17.3 Å². The lowest BCUT2D eigenvalue weighted by molar-refractivity contribution is -0.385. The quantitative estimate of drug-likeness (QED) is 0.677. The Balaban J connectivity index is 2.16. The summed E-state index contributed by atoms with van der Waals surface area (Å²) in [5, 5.41) is 20.1. The van der Waals surface area contributed by atoms with E-state index in [0.29, 0.717) is 17.0 Å². The van der Waals surface area contributed by atoms with Gasteiger partial charge in [0.2, 0.25) is 0 Å². The first-order valence-electron chi connectivity index (χ1n) is 5.72. The Morgan fingerprint density at radius 2 is 2.15 bits per heavy atom. The molecule has 0 bridgehead atoms. The molecule has 0 aliphatic carbocycles. The van der Waals surface area contributed by atoms with Gasteiger partial charge in [-0.15, -0.1) is 0 Å². The molecule has 0 spiro atoms. The minimum atomic E-state index is -0.502. The maximum Gasteiger partial charge on any atom is 0.277 e. The third-order valence-corrected chi connectivity index (χ3v) is 2.99. The van der Waals surface area contributed by atoms with E-state index in [1.54, 1.807) is 18.2 Å². The van der Waals surface area contributed by atoms with Crippen molar-refractivity contribution in [1.29, 1.82) is 0 Å². The fourth-order valence-corrected chi connectivity index (χ4v) is 1.83. The third-order valence-electron chi connectivity index (χ3n) is 2.63. The summed E-state index contributed by atoms with van der Waals surface area (Å²) in [6.45, 7) is -0.188. The molecule has 0 radical (unpaired) electrons. The summed E-state index contributed by atoms with van der Waals surface area (Å²) in [5.41, 5.74) is 0.740. The highest BCUT2D eigenvalue weighted by Gasteiger charge is 2.17. The van der Waals surface area contributed by atoms with E-state index in [0.717, 1.165) is 0 Å². The van der Waals surface area contributed by atoms with Crippen LogP contribution in [0.4, 0.5) is 5.69 Å². The summed E-state index contributed by atoms with van der Waals surface area (Å²) < 4.78 is 5.43. The number of rotatable bonds is 5. The number of ether oxygens (including phenoxy) is 1. The Bertz CT molecular complexity index is 616. The van der Waals surface area contributed by atoms with Gasteiger partial charge in [-0.05, 0) is 18.2 Å². The van der Waals surface area contributed by atoms with Gasteiger partial charge in [-0.2, -0.15) is 0 Å². The molecule has 0 saturated carbocycles. The second-order valence-corrected chi connectivity index (χ2v) is 4.33. The summed E-state index contributed by atoms with van der Waals surface area (Å²) >= 11 is 5.95. The van der Waals surface area contributed by atoms with Crippen LogP contribution in [0.1, 0.15) is 11.3 Å². The number of nitro benzene ring substituents is 1. The molecule has 2 rings (SSSR count). The summed E-state index contributed by atoms with van der Waals surface area (Å²) in [7, 11) is 0. The van der Waals surface area contributed by atoms with Gasteiger partial charge in [-0.1, -0.05) is 17.7 Å². The van der Waals surface area contributed by atoms with Crippen molar-refractivity contribution in [3.8, 4) is 5.75 Å². The van der Waals surface area contributed by atoms with E-state index < -0.39 is 4.92 Å². The van der Waals surface area contributed by atoms with Gasteiger partial charge in [0, 0.05) is 6.07 Å². The molecule has 1 aromatic carbocycles. The number of halogens is 1.